The van der Waals surface area contributed by atoms with E-state index in [1.54, 1.807) is 0 Å². The lowest BCUT2D eigenvalue weighted by Crippen LogP contribution is -2.40. The third-order valence-corrected chi connectivity index (χ3v) is 3.22. The van der Waals surface area contributed by atoms with Crippen molar-refractivity contribution in [3.8, 4) is 0 Å². The van der Waals surface area contributed by atoms with Crippen molar-refractivity contribution in [1.82, 2.24) is 10.3 Å². The van der Waals surface area contributed by atoms with Crippen LogP contribution in [0.3, 0.4) is 0 Å². The minimum absolute atomic E-state index is 0.283. The highest BCUT2D eigenvalue weighted by atomic mass is 16.1. The number of carbonyl (C=O) groups is 1. The minimum Gasteiger partial charge on any atom is -0.369 e. The van der Waals surface area contributed by atoms with Crippen LogP contribution in [0.1, 0.15) is 19.4 Å². The number of aromatic amines is 1. The van der Waals surface area contributed by atoms with Gasteiger partial charge in [0.25, 0.3) is 0 Å². The van der Waals surface area contributed by atoms with E-state index < -0.39 is 5.41 Å². The van der Waals surface area contributed by atoms with Gasteiger partial charge >= 0.3 is 0 Å². The highest BCUT2D eigenvalue weighted by Gasteiger charge is 2.24. The number of H-pyrrole nitrogens is 1. The summed E-state index contributed by atoms with van der Waals surface area (Å²) in [5.74, 6) is -0.283. The summed E-state index contributed by atoms with van der Waals surface area (Å²) >= 11 is 0. The molecule has 0 unspecified atom stereocenters. The fourth-order valence-corrected chi connectivity index (χ4v) is 1.87. The maximum absolute atomic E-state index is 11.2. The summed E-state index contributed by atoms with van der Waals surface area (Å²) in [5, 5.41) is 4.49. The third-order valence-electron chi connectivity index (χ3n) is 3.22. The molecule has 0 radical (unpaired) electrons. The van der Waals surface area contributed by atoms with Crippen LogP contribution in [-0.2, 0) is 11.3 Å². The largest absolute Gasteiger partial charge is 0.369 e. The Balaban J connectivity index is 2.01. The van der Waals surface area contributed by atoms with Gasteiger partial charge in [0.05, 0.1) is 5.41 Å². The van der Waals surface area contributed by atoms with Crippen LogP contribution in [-0.4, -0.2) is 17.4 Å². The highest BCUT2D eigenvalue weighted by molar-refractivity contribution is 5.83. The van der Waals surface area contributed by atoms with Gasteiger partial charge in [-0.1, -0.05) is 18.2 Å². The molecule has 4 nitrogen and oxygen atoms in total. The molecule has 0 saturated carbocycles. The zero-order valence-corrected chi connectivity index (χ0v) is 10.8. The van der Waals surface area contributed by atoms with E-state index in [9.17, 15) is 4.79 Å². The number of nitrogens with two attached hydrogens (primary N) is 1. The summed E-state index contributed by atoms with van der Waals surface area (Å²) in [6.07, 6.45) is 1.99. The molecule has 0 aliphatic rings. The first-order valence-corrected chi connectivity index (χ1v) is 6.06. The number of fused-ring (bicyclic) bond motifs is 1. The SMILES string of the molecule is CC(C)(CNCc1c[nH]c2ccccc12)C(N)=O. The smallest absolute Gasteiger partial charge is 0.224 e. The number of para-hydroxylation sites is 1. The Hall–Kier alpha value is -1.81. The number of hydrogen-bond acceptors (Lipinski definition) is 2. The topological polar surface area (TPSA) is 70.9 Å². The fourth-order valence-electron chi connectivity index (χ4n) is 1.87. The van der Waals surface area contributed by atoms with Gasteiger partial charge in [0.1, 0.15) is 0 Å². The second kappa shape index (κ2) is 4.82. The average molecular weight is 245 g/mol. The van der Waals surface area contributed by atoms with Crippen molar-refractivity contribution in [1.29, 1.82) is 0 Å². The van der Waals surface area contributed by atoms with Gasteiger partial charge in [0.15, 0.2) is 0 Å². The summed E-state index contributed by atoms with van der Waals surface area (Å²) in [4.78, 5) is 14.4. The van der Waals surface area contributed by atoms with E-state index in [2.05, 4.69) is 16.4 Å². The molecule has 0 bridgehead atoms. The van der Waals surface area contributed by atoms with Crippen molar-refractivity contribution >= 4 is 16.8 Å². The van der Waals surface area contributed by atoms with Crippen molar-refractivity contribution in [3.05, 3.63) is 36.0 Å². The first-order chi connectivity index (χ1) is 8.50. The summed E-state index contributed by atoms with van der Waals surface area (Å²) in [5.41, 5.74) is 7.14. The molecule has 18 heavy (non-hydrogen) atoms. The molecule has 1 aromatic heterocycles. The van der Waals surface area contributed by atoms with Gasteiger partial charge < -0.3 is 16.0 Å². The molecule has 1 heterocycles. The molecule has 0 aliphatic heterocycles. The minimum atomic E-state index is -0.522. The first-order valence-electron chi connectivity index (χ1n) is 6.06. The Bertz CT molecular complexity index is 557. The average Bonchev–Trinajstić information content (AvgIpc) is 2.72. The quantitative estimate of drug-likeness (QED) is 0.751. The molecule has 1 amide bonds. The van der Waals surface area contributed by atoms with E-state index in [-0.39, 0.29) is 5.91 Å². The van der Waals surface area contributed by atoms with Crippen molar-refractivity contribution in [2.45, 2.75) is 20.4 Å². The second-order valence-electron chi connectivity index (χ2n) is 5.21. The Morgan fingerprint density at radius 3 is 2.83 bits per heavy atom. The van der Waals surface area contributed by atoms with Gasteiger partial charge in [-0.25, -0.2) is 0 Å². The fraction of sp³-hybridized carbons (Fsp3) is 0.357. The van der Waals surface area contributed by atoms with Gasteiger partial charge in [-0.05, 0) is 25.5 Å². The first kappa shape index (κ1) is 12.6. The maximum Gasteiger partial charge on any atom is 0.224 e. The lowest BCUT2D eigenvalue weighted by Gasteiger charge is -2.20. The lowest BCUT2D eigenvalue weighted by atomic mass is 9.93. The van der Waals surface area contributed by atoms with Gasteiger partial charge in [0.2, 0.25) is 5.91 Å². The van der Waals surface area contributed by atoms with Crippen LogP contribution in [0.25, 0.3) is 10.9 Å². The Kier molecular flexibility index (Phi) is 3.39. The van der Waals surface area contributed by atoms with E-state index in [1.165, 1.54) is 10.9 Å². The van der Waals surface area contributed by atoms with Crippen LogP contribution in [0.15, 0.2) is 30.5 Å². The van der Waals surface area contributed by atoms with Gasteiger partial charge in [-0.15, -0.1) is 0 Å². The predicted octanol–water partition coefficient (Wildman–Crippen LogP) is 1.77. The molecular weight excluding hydrogens is 226 g/mol. The van der Waals surface area contributed by atoms with E-state index in [4.69, 9.17) is 5.73 Å². The molecule has 0 spiro atoms. The molecular formula is C14H19N3O. The summed E-state index contributed by atoms with van der Waals surface area (Å²) in [6, 6.07) is 8.16. The van der Waals surface area contributed by atoms with Crippen LogP contribution in [0.2, 0.25) is 0 Å². The normalized spacial score (nSPS) is 11.9. The van der Waals surface area contributed by atoms with Gasteiger partial charge in [0, 0.05) is 30.2 Å². The van der Waals surface area contributed by atoms with E-state index in [0.717, 1.165) is 12.1 Å². The molecule has 2 aromatic rings. The molecule has 4 heteroatoms. The molecule has 2 rings (SSSR count). The van der Waals surface area contributed by atoms with Crippen LogP contribution in [0.5, 0.6) is 0 Å². The van der Waals surface area contributed by atoms with Crippen molar-refractivity contribution in [2.24, 2.45) is 11.1 Å². The highest BCUT2D eigenvalue weighted by Crippen LogP contribution is 2.18. The monoisotopic (exact) mass is 245 g/mol. The van der Waals surface area contributed by atoms with E-state index >= 15 is 0 Å². The summed E-state index contributed by atoms with van der Waals surface area (Å²) < 4.78 is 0. The molecule has 0 saturated heterocycles. The lowest BCUT2D eigenvalue weighted by molar-refractivity contribution is -0.125. The van der Waals surface area contributed by atoms with Crippen molar-refractivity contribution < 1.29 is 4.79 Å². The number of primary amides is 1. The molecule has 0 aliphatic carbocycles. The number of hydrogen-bond donors (Lipinski definition) is 3. The number of rotatable bonds is 5. The number of carbonyl (C=O) groups excluding carboxylic acids is 1. The number of amides is 1. The zero-order valence-electron chi connectivity index (χ0n) is 10.8. The number of benzene rings is 1. The predicted molar refractivity (Wildman–Crippen MR) is 73.0 cm³/mol. The second-order valence-corrected chi connectivity index (χ2v) is 5.21. The van der Waals surface area contributed by atoms with E-state index in [1.807, 2.05) is 38.2 Å². The Labute approximate surface area is 107 Å². The number of aromatic nitrogens is 1. The van der Waals surface area contributed by atoms with Crippen LogP contribution < -0.4 is 11.1 Å². The van der Waals surface area contributed by atoms with Crippen molar-refractivity contribution in [3.63, 3.8) is 0 Å². The maximum atomic E-state index is 11.2. The van der Waals surface area contributed by atoms with Crippen molar-refractivity contribution in [2.75, 3.05) is 6.54 Å². The van der Waals surface area contributed by atoms with E-state index in [0.29, 0.717) is 6.54 Å². The van der Waals surface area contributed by atoms with Crippen LogP contribution >= 0.6 is 0 Å². The van der Waals surface area contributed by atoms with Gasteiger partial charge in [-0.2, -0.15) is 0 Å². The summed E-state index contributed by atoms with van der Waals surface area (Å²) in [7, 11) is 0. The Morgan fingerprint density at radius 2 is 2.11 bits per heavy atom. The van der Waals surface area contributed by atoms with Crippen LogP contribution in [0, 0.1) is 5.41 Å². The third kappa shape index (κ3) is 2.54. The molecule has 96 valence electrons. The van der Waals surface area contributed by atoms with Gasteiger partial charge in [-0.3, -0.25) is 4.79 Å². The molecule has 1 aromatic carbocycles. The standard InChI is InChI=1S/C14H19N3O/c1-14(2,13(15)18)9-16-7-10-8-17-12-6-4-3-5-11(10)12/h3-6,8,16-17H,7,9H2,1-2H3,(H2,15,18). The zero-order chi connectivity index (χ0) is 13.2. The summed E-state index contributed by atoms with van der Waals surface area (Å²) in [6.45, 7) is 4.98. The Morgan fingerprint density at radius 1 is 1.39 bits per heavy atom. The molecule has 0 fully saturated rings. The van der Waals surface area contributed by atoms with Crippen LogP contribution in [0.4, 0.5) is 0 Å². The number of nitrogens with one attached hydrogen (secondary N) is 2. The molecule has 0 atom stereocenters. The molecule has 4 N–H and O–H groups in total.